The Balaban J connectivity index is 1.47. The van der Waals surface area contributed by atoms with Crippen LogP contribution in [0.25, 0.3) is 5.69 Å². The molecule has 162 valence electrons. The molecular formula is C22H20ClF2N3O3. The lowest BCUT2D eigenvalue weighted by Crippen LogP contribution is -2.40. The van der Waals surface area contributed by atoms with Crippen LogP contribution in [0.2, 0.25) is 5.02 Å². The zero-order valence-electron chi connectivity index (χ0n) is 16.5. The SMILES string of the molecule is O=c1c(Cl)c(NC[C@]2(F)CCCOC2)cnn1-c1ccc(Oc2ccc(F)cc2)cc1. The summed E-state index contributed by atoms with van der Waals surface area (Å²) in [5.74, 6) is 0.643. The summed E-state index contributed by atoms with van der Waals surface area (Å²) >= 11 is 6.22. The minimum absolute atomic E-state index is 0.00839. The second-order valence-corrected chi connectivity index (χ2v) is 7.68. The molecule has 1 fully saturated rings. The maximum Gasteiger partial charge on any atom is 0.292 e. The summed E-state index contributed by atoms with van der Waals surface area (Å²) in [5, 5.41) is 6.93. The Kier molecular flexibility index (Phi) is 6.20. The molecular weight excluding hydrogens is 428 g/mol. The first-order valence-electron chi connectivity index (χ1n) is 9.76. The molecule has 0 amide bonds. The standard InChI is InChI=1S/C22H20ClF2N3O3/c23-20-19(26-13-22(25)10-1-11-30-14-22)12-27-28(21(20)29)16-4-8-18(9-5-16)31-17-6-2-15(24)3-7-17/h2-9,12,26H,1,10-11,13-14H2/t22-/m1/s1. The van der Waals surface area contributed by atoms with Crippen molar-refractivity contribution in [3.8, 4) is 17.2 Å². The molecule has 1 aromatic heterocycles. The number of hydrogen-bond donors (Lipinski definition) is 1. The van der Waals surface area contributed by atoms with Gasteiger partial charge >= 0.3 is 0 Å². The number of alkyl halides is 1. The van der Waals surface area contributed by atoms with Crippen LogP contribution in [0.5, 0.6) is 11.5 Å². The highest BCUT2D eigenvalue weighted by molar-refractivity contribution is 6.32. The molecule has 0 saturated carbocycles. The number of benzene rings is 2. The van der Waals surface area contributed by atoms with E-state index in [2.05, 4.69) is 10.4 Å². The third kappa shape index (κ3) is 5.03. The molecule has 0 unspecified atom stereocenters. The molecule has 2 heterocycles. The van der Waals surface area contributed by atoms with Gasteiger partial charge in [-0.2, -0.15) is 9.78 Å². The van der Waals surface area contributed by atoms with Gasteiger partial charge in [0.1, 0.15) is 22.3 Å². The van der Waals surface area contributed by atoms with E-state index in [9.17, 15) is 13.6 Å². The molecule has 9 heteroatoms. The van der Waals surface area contributed by atoms with Crippen LogP contribution in [0.4, 0.5) is 14.5 Å². The van der Waals surface area contributed by atoms with Crippen LogP contribution in [-0.2, 0) is 4.74 Å². The van der Waals surface area contributed by atoms with Gasteiger partial charge in [0.2, 0.25) is 0 Å². The van der Waals surface area contributed by atoms with Crippen molar-refractivity contribution in [2.24, 2.45) is 0 Å². The first-order valence-corrected chi connectivity index (χ1v) is 10.1. The summed E-state index contributed by atoms with van der Waals surface area (Å²) in [6.45, 7) is 0.541. The van der Waals surface area contributed by atoms with Crippen molar-refractivity contribution in [2.75, 3.05) is 25.1 Å². The van der Waals surface area contributed by atoms with E-state index in [1.807, 2.05) is 0 Å². The summed E-state index contributed by atoms with van der Waals surface area (Å²) in [7, 11) is 0. The average Bonchev–Trinajstić information content (AvgIpc) is 2.78. The largest absolute Gasteiger partial charge is 0.457 e. The molecule has 0 aliphatic carbocycles. The van der Waals surface area contributed by atoms with Crippen molar-refractivity contribution in [3.63, 3.8) is 0 Å². The van der Waals surface area contributed by atoms with E-state index in [-0.39, 0.29) is 29.7 Å². The van der Waals surface area contributed by atoms with Crippen molar-refractivity contribution in [2.45, 2.75) is 18.5 Å². The lowest BCUT2D eigenvalue weighted by molar-refractivity contribution is -0.0234. The van der Waals surface area contributed by atoms with E-state index in [0.29, 0.717) is 36.6 Å². The number of ether oxygens (including phenoxy) is 2. The van der Waals surface area contributed by atoms with Crippen LogP contribution in [0.15, 0.2) is 59.5 Å². The van der Waals surface area contributed by atoms with Crippen LogP contribution in [0.1, 0.15) is 12.8 Å². The molecule has 2 aromatic carbocycles. The summed E-state index contributed by atoms with van der Waals surface area (Å²) in [5.41, 5.74) is -1.29. The average molecular weight is 448 g/mol. The minimum atomic E-state index is -1.50. The predicted octanol–water partition coefficient (Wildman–Crippen LogP) is 4.75. The van der Waals surface area contributed by atoms with Crippen molar-refractivity contribution >= 4 is 17.3 Å². The van der Waals surface area contributed by atoms with Gasteiger partial charge in [-0.05, 0) is 61.4 Å². The van der Waals surface area contributed by atoms with E-state index >= 15 is 0 Å². The molecule has 3 aromatic rings. The van der Waals surface area contributed by atoms with Crippen molar-refractivity contribution in [1.29, 1.82) is 0 Å². The highest BCUT2D eigenvalue weighted by Crippen LogP contribution is 2.26. The number of anilines is 1. The van der Waals surface area contributed by atoms with Gasteiger partial charge in [0.05, 0.1) is 30.7 Å². The fourth-order valence-corrected chi connectivity index (χ4v) is 3.44. The van der Waals surface area contributed by atoms with Gasteiger partial charge in [0, 0.05) is 6.61 Å². The smallest absolute Gasteiger partial charge is 0.292 e. The van der Waals surface area contributed by atoms with Crippen LogP contribution >= 0.6 is 11.6 Å². The Hall–Kier alpha value is -2.97. The Bertz CT molecular complexity index is 1100. The minimum Gasteiger partial charge on any atom is -0.457 e. The Morgan fingerprint density at radius 3 is 2.48 bits per heavy atom. The summed E-state index contributed by atoms with van der Waals surface area (Å²) in [6.07, 6.45) is 2.42. The summed E-state index contributed by atoms with van der Waals surface area (Å²) < 4.78 is 39.7. The number of halogens is 3. The number of aromatic nitrogens is 2. The van der Waals surface area contributed by atoms with E-state index in [1.54, 1.807) is 24.3 Å². The lowest BCUT2D eigenvalue weighted by atomic mass is 9.99. The summed E-state index contributed by atoms with van der Waals surface area (Å²) in [4.78, 5) is 12.7. The molecule has 1 atom stereocenters. The van der Waals surface area contributed by atoms with E-state index in [1.165, 1.54) is 30.5 Å². The number of rotatable bonds is 6. The number of nitrogens with one attached hydrogen (secondary N) is 1. The van der Waals surface area contributed by atoms with Gasteiger partial charge in [-0.1, -0.05) is 11.6 Å². The number of nitrogens with zero attached hydrogens (tertiary/aromatic N) is 2. The van der Waals surface area contributed by atoms with Gasteiger partial charge in [0.25, 0.3) is 5.56 Å². The van der Waals surface area contributed by atoms with Gasteiger partial charge in [-0.3, -0.25) is 4.79 Å². The Morgan fingerprint density at radius 2 is 1.84 bits per heavy atom. The second kappa shape index (κ2) is 9.03. The molecule has 1 aliphatic heterocycles. The van der Waals surface area contributed by atoms with Crippen LogP contribution < -0.4 is 15.6 Å². The first kappa shape index (κ1) is 21.3. The maximum atomic E-state index is 14.7. The molecule has 1 N–H and O–H groups in total. The summed E-state index contributed by atoms with van der Waals surface area (Å²) in [6, 6.07) is 12.2. The topological polar surface area (TPSA) is 65.4 Å². The molecule has 1 saturated heterocycles. The van der Waals surface area contributed by atoms with Gasteiger partial charge in [-0.25, -0.2) is 8.78 Å². The third-order valence-electron chi connectivity index (χ3n) is 4.92. The zero-order valence-corrected chi connectivity index (χ0v) is 17.2. The van der Waals surface area contributed by atoms with Crippen LogP contribution in [0, 0.1) is 5.82 Å². The van der Waals surface area contributed by atoms with Crippen LogP contribution in [-0.4, -0.2) is 35.2 Å². The van der Waals surface area contributed by atoms with Gasteiger partial charge in [0.15, 0.2) is 5.67 Å². The Labute approximate surface area is 182 Å². The second-order valence-electron chi connectivity index (χ2n) is 7.30. The normalized spacial score (nSPS) is 18.5. The monoisotopic (exact) mass is 447 g/mol. The first-order chi connectivity index (χ1) is 14.9. The highest BCUT2D eigenvalue weighted by Gasteiger charge is 2.32. The zero-order chi connectivity index (χ0) is 21.8. The third-order valence-corrected chi connectivity index (χ3v) is 5.28. The predicted molar refractivity (Wildman–Crippen MR) is 114 cm³/mol. The fraction of sp³-hybridized carbons (Fsp3) is 0.273. The van der Waals surface area contributed by atoms with Gasteiger partial charge < -0.3 is 14.8 Å². The molecule has 0 bridgehead atoms. The molecule has 1 aliphatic rings. The van der Waals surface area contributed by atoms with Crippen molar-refractivity contribution in [3.05, 3.63) is 75.9 Å². The van der Waals surface area contributed by atoms with Crippen LogP contribution in [0.3, 0.4) is 0 Å². The molecule has 31 heavy (non-hydrogen) atoms. The van der Waals surface area contributed by atoms with E-state index < -0.39 is 11.2 Å². The van der Waals surface area contributed by atoms with E-state index in [4.69, 9.17) is 21.1 Å². The Morgan fingerprint density at radius 1 is 1.16 bits per heavy atom. The van der Waals surface area contributed by atoms with E-state index in [0.717, 1.165) is 4.68 Å². The lowest BCUT2D eigenvalue weighted by Gasteiger charge is -2.29. The molecule has 0 radical (unpaired) electrons. The molecule has 6 nitrogen and oxygen atoms in total. The maximum absolute atomic E-state index is 14.7. The van der Waals surface area contributed by atoms with Gasteiger partial charge in [-0.15, -0.1) is 0 Å². The van der Waals surface area contributed by atoms with Crippen molar-refractivity contribution < 1.29 is 18.3 Å². The number of hydrogen-bond acceptors (Lipinski definition) is 5. The molecule has 4 rings (SSSR count). The fourth-order valence-electron chi connectivity index (χ4n) is 3.25. The van der Waals surface area contributed by atoms with Crippen molar-refractivity contribution in [1.82, 2.24) is 9.78 Å². The quantitative estimate of drug-likeness (QED) is 0.591. The molecule has 0 spiro atoms. The highest BCUT2D eigenvalue weighted by atomic mass is 35.5.